The predicted octanol–water partition coefficient (Wildman–Crippen LogP) is 12.5. The van der Waals surface area contributed by atoms with Crippen LogP contribution in [0.2, 0.25) is 0 Å². The molecular formula is C35H60. The summed E-state index contributed by atoms with van der Waals surface area (Å²) >= 11 is 0. The average molecular weight is 481 g/mol. The van der Waals surface area contributed by atoms with Crippen LogP contribution in [0.25, 0.3) is 0 Å². The molecule has 200 valence electrons. The number of allylic oxidation sites excluding steroid dienone is 10. The summed E-state index contributed by atoms with van der Waals surface area (Å²) < 4.78 is 0. The normalized spacial score (nSPS) is 21.7. The summed E-state index contributed by atoms with van der Waals surface area (Å²) in [4.78, 5) is 0. The third kappa shape index (κ3) is 27.1. The summed E-state index contributed by atoms with van der Waals surface area (Å²) in [5.41, 5.74) is 0. The third-order valence-corrected chi connectivity index (χ3v) is 7.29. The summed E-state index contributed by atoms with van der Waals surface area (Å²) in [6.07, 6.45) is 57.5. The fourth-order valence-corrected chi connectivity index (χ4v) is 4.97. The molecule has 0 aromatic rings. The fraction of sp³-hybridized carbons (Fsp3) is 0.714. The summed E-state index contributed by atoms with van der Waals surface area (Å²) in [5, 5.41) is 0. The van der Waals surface area contributed by atoms with E-state index in [2.05, 4.69) is 60.8 Å². The smallest absolute Gasteiger partial charge is 0.0348 e. The van der Waals surface area contributed by atoms with Crippen LogP contribution in [0, 0.1) is 0 Å². The molecule has 0 nitrogen and oxygen atoms in total. The van der Waals surface area contributed by atoms with Crippen molar-refractivity contribution in [3.05, 3.63) is 60.8 Å². The van der Waals surface area contributed by atoms with Gasteiger partial charge in [-0.1, -0.05) is 196 Å². The van der Waals surface area contributed by atoms with Gasteiger partial charge in [-0.15, -0.1) is 0 Å². The van der Waals surface area contributed by atoms with Crippen LogP contribution in [0.4, 0.5) is 0 Å². The molecule has 0 amide bonds. The topological polar surface area (TPSA) is 0 Å². The molecule has 1 aliphatic rings. The van der Waals surface area contributed by atoms with Crippen LogP contribution in [0.3, 0.4) is 0 Å². The lowest BCUT2D eigenvalue weighted by Crippen LogP contribution is -1.84. The summed E-state index contributed by atoms with van der Waals surface area (Å²) in [7, 11) is 0. The van der Waals surface area contributed by atoms with Gasteiger partial charge in [-0.05, 0) is 25.7 Å². The minimum Gasteiger partial charge on any atom is -0.0845 e. The maximum Gasteiger partial charge on any atom is -0.0348 e. The Morgan fingerprint density at radius 3 is 0.571 bits per heavy atom. The van der Waals surface area contributed by atoms with Crippen molar-refractivity contribution < 1.29 is 0 Å². The Morgan fingerprint density at radius 2 is 0.343 bits per heavy atom. The molecule has 1 rings (SSSR count). The zero-order chi connectivity index (χ0) is 24.7. The standard InChI is InChI=1S/C35H60/c1-2-4-6-8-10-12-14-16-18-20-22-24-26-28-30-32-34-35-33-31-29-27-25-23-21-19-17-15-13-11-9-7-5-3-1/h1-10H,11-35H2. The van der Waals surface area contributed by atoms with Gasteiger partial charge in [0.05, 0.1) is 0 Å². The van der Waals surface area contributed by atoms with E-state index in [0.29, 0.717) is 0 Å². The lowest BCUT2D eigenvalue weighted by atomic mass is 10.0. The van der Waals surface area contributed by atoms with Crippen LogP contribution in [0.1, 0.15) is 161 Å². The van der Waals surface area contributed by atoms with Crippen molar-refractivity contribution in [2.45, 2.75) is 161 Å². The molecule has 0 atom stereocenters. The van der Waals surface area contributed by atoms with Gasteiger partial charge in [-0.3, -0.25) is 0 Å². The van der Waals surface area contributed by atoms with Gasteiger partial charge >= 0.3 is 0 Å². The second-order valence-electron chi connectivity index (χ2n) is 10.7. The Labute approximate surface area is 221 Å². The van der Waals surface area contributed by atoms with Gasteiger partial charge in [0.2, 0.25) is 0 Å². The summed E-state index contributed by atoms with van der Waals surface area (Å²) in [6.45, 7) is 0. The Bertz CT molecular complexity index is 496. The molecule has 0 bridgehead atoms. The molecule has 0 saturated carbocycles. The first-order valence-corrected chi connectivity index (χ1v) is 15.8. The maximum atomic E-state index is 2.32. The lowest BCUT2D eigenvalue weighted by Gasteiger charge is -2.04. The molecule has 0 aromatic heterocycles. The van der Waals surface area contributed by atoms with Crippen molar-refractivity contribution in [1.82, 2.24) is 0 Å². The van der Waals surface area contributed by atoms with Crippen LogP contribution >= 0.6 is 0 Å². The van der Waals surface area contributed by atoms with E-state index in [1.54, 1.807) is 0 Å². The van der Waals surface area contributed by atoms with Gasteiger partial charge in [0.25, 0.3) is 0 Å². The molecule has 0 aliphatic heterocycles. The first kappa shape index (κ1) is 31.7. The highest BCUT2D eigenvalue weighted by Gasteiger charge is 1.96. The molecule has 0 aromatic carbocycles. The van der Waals surface area contributed by atoms with Crippen molar-refractivity contribution in [3.63, 3.8) is 0 Å². The second kappa shape index (κ2) is 28.9. The zero-order valence-electron chi connectivity index (χ0n) is 23.5. The van der Waals surface area contributed by atoms with Gasteiger partial charge in [-0.2, -0.15) is 0 Å². The van der Waals surface area contributed by atoms with Crippen molar-refractivity contribution in [3.8, 4) is 0 Å². The Morgan fingerprint density at radius 1 is 0.171 bits per heavy atom. The van der Waals surface area contributed by atoms with Gasteiger partial charge in [0.15, 0.2) is 0 Å². The molecule has 1 aliphatic carbocycles. The molecule has 35 heavy (non-hydrogen) atoms. The molecule has 0 saturated heterocycles. The van der Waals surface area contributed by atoms with E-state index in [-0.39, 0.29) is 0 Å². The van der Waals surface area contributed by atoms with Crippen LogP contribution in [-0.4, -0.2) is 0 Å². The van der Waals surface area contributed by atoms with Crippen molar-refractivity contribution in [2.24, 2.45) is 0 Å². The third-order valence-electron chi connectivity index (χ3n) is 7.29. The van der Waals surface area contributed by atoms with Crippen LogP contribution in [0.5, 0.6) is 0 Å². The molecule has 0 heterocycles. The summed E-state index contributed by atoms with van der Waals surface area (Å²) in [6, 6.07) is 0. The minimum absolute atomic E-state index is 1.22. The molecule has 0 N–H and O–H groups in total. The van der Waals surface area contributed by atoms with Crippen LogP contribution in [0.15, 0.2) is 60.8 Å². The predicted molar refractivity (Wildman–Crippen MR) is 161 cm³/mol. The fourth-order valence-electron chi connectivity index (χ4n) is 4.97. The second-order valence-corrected chi connectivity index (χ2v) is 10.7. The van der Waals surface area contributed by atoms with Gasteiger partial charge in [-0.25, -0.2) is 0 Å². The summed E-state index contributed by atoms with van der Waals surface area (Å²) in [5.74, 6) is 0. The zero-order valence-corrected chi connectivity index (χ0v) is 23.5. The number of rotatable bonds is 0. The van der Waals surface area contributed by atoms with Crippen LogP contribution in [-0.2, 0) is 0 Å². The van der Waals surface area contributed by atoms with E-state index in [1.807, 2.05) is 0 Å². The van der Waals surface area contributed by atoms with Gasteiger partial charge < -0.3 is 0 Å². The first-order valence-electron chi connectivity index (χ1n) is 15.8. The van der Waals surface area contributed by atoms with Crippen molar-refractivity contribution in [1.29, 1.82) is 0 Å². The van der Waals surface area contributed by atoms with Crippen LogP contribution < -0.4 is 0 Å². The Kier molecular flexibility index (Phi) is 26.2. The SMILES string of the molecule is C1=CC=CC=CCCCCCCCCCCCCCCCCCCCCCCCCCC=CC=C1. The van der Waals surface area contributed by atoms with Gasteiger partial charge in [0, 0.05) is 0 Å². The average Bonchev–Trinajstić information content (AvgIpc) is 2.87. The van der Waals surface area contributed by atoms with E-state index >= 15 is 0 Å². The molecule has 0 fully saturated rings. The van der Waals surface area contributed by atoms with E-state index in [4.69, 9.17) is 0 Å². The molecule has 0 radical (unpaired) electrons. The highest BCUT2D eigenvalue weighted by molar-refractivity contribution is 5.17. The van der Waals surface area contributed by atoms with Crippen molar-refractivity contribution >= 4 is 0 Å². The Balaban J connectivity index is 2.17. The minimum atomic E-state index is 1.22. The monoisotopic (exact) mass is 480 g/mol. The highest BCUT2D eigenvalue weighted by Crippen LogP contribution is 2.16. The number of hydrogen-bond acceptors (Lipinski definition) is 0. The van der Waals surface area contributed by atoms with E-state index in [9.17, 15) is 0 Å². The number of hydrogen-bond donors (Lipinski definition) is 0. The highest BCUT2D eigenvalue weighted by atomic mass is 14.0. The molecular weight excluding hydrogens is 420 g/mol. The van der Waals surface area contributed by atoms with E-state index in [1.165, 1.54) is 161 Å². The maximum absolute atomic E-state index is 2.32. The quantitative estimate of drug-likeness (QED) is 0.323. The lowest BCUT2D eigenvalue weighted by molar-refractivity contribution is 0.517. The molecule has 0 heteroatoms. The Hall–Kier alpha value is -1.30. The van der Waals surface area contributed by atoms with E-state index < -0.39 is 0 Å². The molecule has 0 spiro atoms. The van der Waals surface area contributed by atoms with Gasteiger partial charge in [0.1, 0.15) is 0 Å². The largest absolute Gasteiger partial charge is 0.0845 e. The van der Waals surface area contributed by atoms with E-state index in [0.717, 1.165) is 0 Å². The molecule has 0 unspecified atom stereocenters. The van der Waals surface area contributed by atoms with Crippen molar-refractivity contribution in [2.75, 3.05) is 0 Å². The first-order chi connectivity index (χ1) is 17.5.